The van der Waals surface area contributed by atoms with Gasteiger partial charge in [0.15, 0.2) is 11.6 Å². The number of halogens is 1. The van der Waals surface area contributed by atoms with Crippen molar-refractivity contribution >= 4 is 0 Å². The maximum atomic E-state index is 14.0. The number of hydrogen-bond donors (Lipinski definition) is 1. The minimum absolute atomic E-state index is 0.171. The van der Waals surface area contributed by atoms with Crippen LogP contribution in [0.25, 0.3) is 0 Å². The van der Waals surface area contributed by atoms with Crippen molar-refractivity contribution in [1.29, 1.82) is 0 Å². The van der Waals surface area contributed by atoms with Crippen LogP contribution in [0.5, 0.6) is 11.5 Å². The van der Waals surface area contributed by atoms with Gasteiger partial charge >= 0.3 is 0 Å². The lowest BCUT2D eigenvalue weighted by molar-refractivity contribution is 0.295. The molecule has 0 saturated carbocycles. The van der Waals surface area contributed by atoms with E-state index in [0.29, 0.717) is 11.3 Å². The number of hydrogen-bond acceptors (Lipinski definition) is 3. The molecule has 0 saturated heterocycles. The summed E-state index contributed by atoms with van der Waals surface area (Å²) in [5, 5.41) is 3.17. The summed E-state index contributed by atoms with van der Waals surface area (Å²) in [6.07, 6.45) is 0. The van der Waals surface area contributed by atoms with Crippen LogP contribution in [0.1, 0.15) is 24.1 Å². The zero-order valence-corrected chi connectivity index (χ0v) is 12.5. The molecule has 1 N–H and O–H groups in total. The highest BCUT2D eigenvalue weighted by molar-refractivity contribution is 5.32. The van der Waals surface area contributed by atoms with Gasteiger partial charge in [-0.1, -0.05) is 24.3 Å². The lowest BCUT2D eigenvalue weighted by Crippen LogP contribution is -2.11. The van der Waals surface area contributed by atoms with Crippen LogP contribution in [-0.2, 0) is 6.61 Å². The molecule has 1 unspecified atom stereocenters. The maximum Gasteiger partial charge on any atom is 0.171 e. The van der Waals surface area contributed by atoms with E-state index in [0.717, 1.165) is 0 Å². The summed E-state index contributed by atoms with van der Waals surface area (Å²) in [5.41, 5.74) is 1.65. The monoisotopic (exact) mass is 289 g/mol. The summed E-state index contributed by atoms with van der Waals surface area (Å²) < 4.78 is 24.6. The zero-order valence-electron chi connectivity index (χ0n) is 12.5. The second-order valence-corrected chi connectivity index (χ2v) is 4.80. The average Bonchev–Trinajstić information content (AvgIpc) is 2.53. The molecule has 0 radical (unpaired) electrons. The van der Waals surface area contributed by atoms with Crippen LogP contribution < -0.4 is 14.8 Å². The second-order valence-electron chi connectivity index (χ2n) is 4.80. The van der Waals surface area contributed by atoms with Crippen LogP contribution in [0.3, 0.4) is 0 Å². The Morgan fingerprint density at radius 2 is 1.86 bits per heavy atom. The Kier molecular flexibility index (Phi) is 5.17. The molecule has 21 heavy (non-hydrogen) atoms. The van der Waals surface area contributed by atoms with Gasteiger partial charge in [-0.05, 0) is 37.7 Å². The largest absolute Gasteiger partial charge is 0.494 e. The van der Waals surface area contributed by atoms with Gasteiger partial charge in [0.1, 0.15) is 12.4 Å². The third-order valence-corrected chi connectivity index (χ3v) is 3.47. The third kappa shape index (κ3) is 3.73. The first-order valence-electron chi connectivity index (χ1n) is 6.87. The first-order chi connectivity index (χ1) is 10.2. The molecule has 2 aromatic rings. The highest BCUT2D eigenvalue weighted by Gasteiger charge is 2.09. The number of rotatable bonds is 6. The molecule has 3 nitrogen and oxygen atoms in total. The summed E-state index contributed by atoms with van der Waals surface area (Å²) in [6, 6.07) is 13.1. The number of methoxy groups -OCH3 is 1. The fourth-order valence-corrected chi connectivity index (χ4v) is 2.01. The Morgan fingerprint density at radius 1 is 1.14 bits per heavy atom. The maximum absolute atomic E-state index is 14.0. The summed E-state index contributed by atoms with van der Waals surface area (Å²) in [6.45, 7) is 2.26. The van der Waals surface area contributed by atoms with Gasteiger partial charge in [-0.2, -0.15) is 0 Å². The van der Waals surface area contributed by atoms with E-state index in [1.54, 1.807) is 18.2 Å². The Hall–Kier alpha value is -2.07. The molecule has 2 aromatic carbocycles. The fourth-order valence-electron chi connectivity index (χ4n) is 2.01. The van der Waals surface area contributed by atoms with Gasteiger partial charge in [-0.25, -0.2) is 4.39 Å². The van der Waals surface area contributed by atoms with Gasteiger partial charge in [0.05, 0.1) is 7.11 Å². The first-order valence-corrected chi connectivity index (χ1v) is 6.87. The van der Waals surface area contributed by atoms with Crippen LogP contribution in [-0.4, -0.2) is 14.2 Å². The third-order valence-electron chi connectivity index (χ3n) is 3.47. The van der Waals surface area contributed by atoms with Crippen molar-refractivity contribution < 1.29 is 13.9 Å². The molecule has 0 amide bonds. The fraction of sp³-hybridized carbons (Fsp3) is 0.294. The van der Waals surface area contributed by atoms with Crippen molar-refractivity contribution in [1.82, 2.24) is 5.32 Å². The standard InChI is InChI=1S/C17H20FNO2/c1-12(19-2)13-7-9-15(10-8-13)21-11-14-5-4-6-16(20-3)17(14)18/h4-10,12,19H,11H2,1-3H3. The summed E-state index contributed by atoms with van der Waals surface area (Å²) in [5.74, 6) is 0.569. The highest BCUT2D eigenvalue weighted by Crippen LogP contribution is 2.22. The highest BCUT2D eigenvalue weighted by atomic mass is 19.1. The van der Waals surface area contributed by atoms with E-state index in [1.807, 2.05) is 31.3 Å². The predicted molar refractivity (Wildman–Crippen MR) is 81.2 cm³/mol. The van der Waals surface area contributed by atoms with Crippen LogP contribution in [0, 0.1) is 5.82 Å². The predicted octanol–water partition coefficient (Wildman–Crippen LogP) is 3.69. The quantitative estimate of drug-likeness (QED) is 0.879. The van der Waals surface area contributed by atoms with Gasteiger partial charge < -0.3 is 14.8 Å². The molecule has 0 aromatic heterocycles. The van der Waals surface area contributed by atoms with Crippen LogP contribution >= 0.6 is 0 Å². The lowest BCUT2D eigenvalue weighted by atomic mass is 10.1. The first kappa shape index (κ1) is 15.3. The molecule has 0 aliphatic heterocycles. The molecule has 1 atom stereocenters. The number of nitrogens with one attached hydrogen (secondary N) is 1. The second kappa shape index (κ2) is 7.09. The van der Waals surface area contributed by atoms with E-state index in [2.05, 4.69) is 12.2 Å². The molecule has 112 valence electrons. The molecular weight excluding hydrogens is 269 g/mol. The van der Waals surface area contributed by atoms with Crippen molar-refractivity contribution in [2.24, 2.45) is 0 Å². The topological polar surface area (TPSA) is 30.5 Å². The van der Waals surface area contributed by atoms with Gasteiger partial charge in [-0.3, -0.25) is 0 Å². The van der Waals surface area contributed by atoms with Crippen LogP contribution in [0.2, 0.25) is 0 Å². The van der Waals surface area contributed by atoms with Crippen molar-refractivity contribution in [2.75, 3.05) is 14.2 Å². The van der Waals surface area contributed by atoms with E-state index in [4.69, 9.17) is 9.47 Å². The molecule has 0 aliphatic rings. The van der Waals surface area contributed by atoms with Crippen molar-refractivity contribution in [2.45, 2.75) is 19.6 Å². The molecule has 2 rings (SSSR count). The molecule has 0 fully saturated rings. The lowest BCUT2D eigenvalue weighted by Gasteiger charge is -2.12. The normalized spacial score (nSPS) is 12.0. The molecule has 0 bridgehead atoms. The molecule has 0 heterocycles. The SMILES string of the molecule is CNC(C)c1ccc(OCc2cccc(OC)c2F)cc1. The zero-order chi connectivity index (χ0) is 15.2. The van der Waals surface area contributed by atoms with Crippen molar-refractivity contribution in [3.05, 3.63) is 59.4 Å². The minimum atomic E-state index is -0.375. The van der Waals surface area contributed by atoms with E-state index in [9.17, 15) is 4.39 Å². The minimum Gasteiger partial charge on any atom is -0.494 e. The molecular formula is C17H20FNO2. The van der Waals surface area contributed by atoms with E-state index in [1.165, 1.54) is 12.7 Å². The Labute approximate surface area is 124 Å². The smallest absolute Gasteiger partial charge is 0.171 e. The van der Waals surface area contributed by atoms with Gasteiger partial charge in [0, 0.05) is 11.6 Å². The van der Waals surface area contributed by atoms with Gasteiger partial charge in [-0.15, -0.1) is 0 Å². The van der Waals surface area contributed by atoms with Crippen molar-refractivity contribution in [3.63, 3.8) is 0 Å². The Balaban J connectivity index is 2.03. The van der Waals surface area contributed by atoms with E-state index < -0.39 is 0 Å². The number of ether oxygens (including phenoxy) is 2. The molecule has 4 heteroatoms. The average molecular weight is 289 g/mol. The van der Waals surface area contributed by atoms with Crippen LogP contribution in [0.4, 0.5) is 4.39 Å². The summed E-state index contributed by atoms with van der Waals surface area (Å²) in [4.78, 5) is 0. The van der Waals surface area contributed by atoms with E-state index in [-0.39, 0.29) is 24.2 Å². The summed E-state index contributed by atoms with van der Waals surface area (Å²) >= 11 is 0. The summed E-state index contributed by atoms with van der Waals surface area (Å²) in [7, 11) is 3.37. The number of benzene rings is 2. The van der Waals surface area contributed by atoms with Crippen LogP contribution in [0.15, 0.2) is 42.5 Å². The molecule has 0 aliphatic carbocycles. The van der Waals surface area contributed by atoms with Gasteiger partial charge in [0.25, 0.3) is 0 Å². The van der Waals surface area contributed by atoms with E-state index >= 15 is 0 Å². The van der Waals surface area contributed by atoms with Gasteiger partial charge in [0.2, 0.25) is 0 Å². The Bertz CT molecular complexity index is 584. The van der Waals surface area contributed by atoms with Crippen molar-refractivity contribution in [3.8, 4) is 11.5 Å². The molecule has 0 spiro atoms. The Morgan fingerprint density at radius 3 is 2.48 bits per heavy atom.